The number of methoxy groups -OCH3 is 1. The molecule has 1 fully saturated rings. The number of sulfone groups is 1. The molecular formula is C12H23NO4S. The summed E-state index contributed by atoms with van der Waals surface area (Å²) in [5, 5.41) is 0. The lowest BCUT2D eigenvalue weighted by atomic mass is 9.80. The van der Waals surface area contributed by atoms with Crippen molar-refractivity contribution in [1.29, 1.82) is 0 Å². The van der Waals surface area contributed by atoms with Gasteiger partial charge in [-0.25, -0.2) is 8.42 Å². The van der Waals surface area contributed by atoms with Gasteiger partial charge in [0.2, 0.25) is 0 Å². The second-order valence-corrected chi connectivity index (χ2v) is 7.58. The van der Waals surface area contributed by atoms with Crippen LogP contribution in [0.4, 0.5) is 0 Å². The molecule has 0 saturated heterocycles. The molecule has 18 heavy (non-hydrogen) atoms. The van der Waals surface area contributed by atoms with E-state index >= 15 is 0 Å². The maximum absolute atomic E-state index is 11.9. The van der Waals surface area contributed by atoms with Gasteiger partial charge in [-0.15, -0.1) is 0 Å². The molecule has 0 aromatic rings. The number of carbonyl (C=O) groups is 1. The minimum atomic E-state index is -3.08. The lowest BCUT2D eigenvalue weighted by Crippen LogP contribution is -2.41. The van der Waals surface area contributed by atoms with Crippen molar-refractivity contribution in [2.45, 2.75) is 32.6 Å². The Morgan fingerprint density at radius 3 is 2.44 bits per heavy atom. The molecule has 0 aromatic heterocycles. The number of hydrogen-bond acceptors (Lipinski definition) is 5. The Morgan fingerprint density at radius 2 is 2.06 bits per heavy atom. The smallest absolute Gasteiger partial charge is 0.313 e. The fourth-order valence-corrected chi connectivity index (χ4v) is 3.13. The monoisotopic (exact) mass is 277 g/mol. The summed E-state index contributed by atoms with van der Waals surface area (Å²) < 4.78 is 28.0. The number of rotatable bonds is 8. The number of esters is 1. The van der Waals surface area contributed by atoms with Gasteiger partial charge in [0.25, 0.3) is 0 Å². The summed E-state index contributed by atoms with van der Waals surface area (Å²) in [5.41, 5.74) is 4.91. The van der Waals surface area contributed by atoms with Gasteiger partial charge in [0.1, 0.15) is 9.84 Å². The number of carbonyl (C=O) groups excluding carboxylic acids is 1. The molecule has 5 nitrogen and oxygen atoms in total. The van der Waals surface area contributed by atoms with Crippen LogP contribution in [0, 0.1) is 11.3 Å². The Bertz CT molecular complexity index is 389. The van der Waals surface area contributed by atoms with Crippen molar-refractivity contribution in [3.63, 3.8) is 0 Å². The third-order valence-electron chi connectivity index (χ3n) is 3.72. The Labute approximate surface area is 109 Å². The summed E-state index contributed by atoms with van der Waals surface area (Å²) in [7, 11) is -1.76. The lowest BCUT2D eigenvalue weighted by Gasteiger charge is -2.29. The quantitative estimate of drug-likeness (QED) is 0.661. The van der Waals surface area contributed by atoms with Crippen molar-refractivity contribution < 1.29 is 17.9 Å². The molecule has 2 N–H and O–H groups in total. The first-order chi connectivity index (χ1) is 8.39. The molecular weight excluding hydrogens is 254 g/mol. The highest BCUT2D eigenvalue weighted by Crippen LogP contribution is 2.42. The van der Waals surface area contributed by atoms with E-state index in [1.807, 2.05) is 0 Å². The van der Waals surface area contributed by atoms with E-state index < -0.39 is 15.3 Å². The Hall–Kier alpha value is -0.620. The summed E-state index contributed by atoms with van der Waals surface area (Å²) in [6.45, 7) is 1.76. The van der Waals surface area contributed by atoms with Gasteiger partial charge in [-0.1, -0.05) is 19.8 Å². The molecule has 1 aliphatic rings. The average molecular weight is 277 g/mol. The molecule has 1 saturated carbocycles. The summed E-state index contributed by atoms with van der Waals surface area (Å²) in [6, 6.07) is 0. The number of ether oxygens (including phenoxy) is 1. The second-order valence-electron chi connectivity index (χ2n) is 5.11. The highest BCUT2D eigenvalue weighted by atomic mass is 32.2. The van der Waals surface area contributed by atoms with E-state index in [1.54, 1.807) is 6.92 Å². The van der Waals surface area contributed by atoms with Gasteiger partial charge in [-0.05, 0) is 18.8 Å². The van der Waals surface area contributed by atoms with Crippen LogP contribution in [0.3, 0.4) is 0 Å². The molecule has 1 unspecified atom stereocenters. The van der Waals surface area contributed by atoms with E-state index in [0.29, 0.717) is 12.3 Å². The summed E-state index contributed by atoms with van der Waals surface area (Å²) >= 11 is 0. The topological polar surface area (TPSA) is 86.5 Å². The molecule has 0 aromatic carbocycles. The van der Waals surface area contributed by atoms with Gasteiger partial charge in [0.05, 0.1) is 18.3 Å². The van der Waals surface area contributed by atoms with Crippen molar-refractivity contribution in [3.8, 4) is 0 Å². The van der Waals surface area contributed by atoms with Crippen LogP contribution >= 0.6 is 0 Å². The highest BCUT2D eigenvalue weighted by molar-refractivity contribution is 7.91. The van der Waals surface area contributed by atoms with Crippen molar-refractivity contribution in [2.75, 3.05) is 25.2 Å². The van der Waals surface area contributed by atoms with Crippen LogP contribution in [0.25, 0.3) is 0 Å². The van der Waals surface area contributed by atoms with E-state index in [9.17, 15) is 13.2 Å². The lowest BCUT2D eigenvalue weighted by molar-refractivity contribution is -0.153. The zero-order chi connectivity index (χ0) is 13.8. The van der Waals surface area contributed by atoms with Crippen LogP contribution in [-0.4, -0.2) is 39.5 Å². The van der Waals surface area contributed by atoms with Crippen LogP contribution in [0.1, 0.15) is 32.6 Å². The van der Waals surface area contributed by atoms with Crippen molar-refractivity contribution in [3.05, 3.63) is 0 Å². The van der Waals surface area contributed by atoms with Crippen LogP contribution in [-0.2, 0) is 19.4 Å². The standard InChI is InChI=1S/C12H23NO4S/c1-3-18(15,16)7-6-12(9-13,11(14)17-2)8-10-4-5-10/h10H,3-9,13H2,1-2H3. The van der Waals surface area contributed by atoms with Gasteiger partial charge in [0, 0.05) is 12.3 Å². The zero-order valence-corrected chi connectivity index (χ0v) is 12.0. The largest absolute Gasteiger partial charge is 0.469 e. The maximum Gasteiger partial charge on any atom is 0.313 e. The summed E-state index contributed by atoms with van der Waals surface area (Å²) in [4.78, 5) is 11.9. The fraction of sp³-hybridized carbons (Fsp3) is 0.917. The molecule has 0 amide bonds. The molecule has 0 radical (unpaired) electrons. The van der Waals surface area contributed by atoms with Crippen molar-refractivity contribution in [1.82, 2.24) is 0 Å². The normalized spacial score (nSPS) is 19.3. The van der Waals surface area contributed by atoms with Gasteiger partial charge < -0.3 is 10.5 Å². The van der Waals surface area contributed by atoms with Crippen LogP contribution in [0.2, 0.25) is 0 Å². The Balaban J connectivity index is 2.77. The van der Waals surface area contributed by atoms with Gasteiger partial charge in [0.15, 0.2) is 0 Å². The molecule has 1 rings (SSSR count). The van der Waals surface area contributed by atoms with Crippen molar-refractivity contribution >= 4 is 15.8 Å². The first kappa shape index (κ1) is 15.4. The summed E-state index contributed by atoms with van der Waals surface area (Å²) in [5.74, 6) is 0.223. The molecule has 106 valence electrons. The first-order valence-electron chi connectivity index (χ1n) is 6.38. The zero-order valence-electron chi connectivity index (χ0n) is 11.1. The molecule has 0 bridgehead atoms. The Kier molecular flexibility index (Phi) is 5.16. The molecule has 6 heteroatoms. The summed E-state index contributed by atoms with van der Waals surface area (Å²) in [6.07, 6.45) is 3.11. The second kappa shape index (κ2) is 6.02. The number of hydrogen-bond donors (Lipinski definition) is 1. The fourth-order valence-electron chi connectivity index (χ4n) is 2.14. The predicted octanol–water partition coefficient (Wildman–Crippen LogP) is 0.729. The van der Waals surface area contributed by atoms with Gasteiger partial charge in [-0.3, -0.25) is 4.79 Å². The van der Waals surface area contributed by atoms with E-state index in [2.05, 4.69) is 0 Å². The molecule has 0 aliphatic heterocycles. The third kappa shape index (κ3) is 3.95. The Morgan fingerprint density at radius 1 is 1.44 bits per heavy atom. The van der Waals surface area contributed by atoms with E-state index in [0.717, 1.165) is 12.8 Å². The number of nitrogens with two attached hydrogens (primary N) is 1. The molecule has 0 spiro atoms. The maximum atomic E-state index is 11.9. The van der Waals surface area contributed by atoms with Gasteiger partial charge >= 0.3 is 5.97 Å². The minimum Gasteiger partial charge on any atom is -0.469 e. The molecule has 0 heterocycles. The highest BCUT2D eigenvalue weighted by Gasteiger charge is 2.43. The van der Waals surface area contributed by atoms with Crippen LogP contribution < -0.4 is 5.73 Å². The third-order valence-corrected chi connectivity index (χ3v) is 5.42. The minimum absolute atomic E-state index is 0.00250. The van der Waals surface area contributed by atoms with E-state index in [4.69, 9.17) is 10.5 Å². The van der Waals surface area contributed by atoms with Crippen LogP contribution in [0.15, 0.2) is 0 Å². The molecule has 1 atom stereocenters. The van der Waals surface area contributed by atoms with Crippen LogP contribution in [0.5, 0.6) is 0 Å². The molecule has 1 aliphatic carbocycles. The van der Waals surface area contributed by atoms with Gasteiger partial charge in [-0.2, -0.15) is 0 Å². The van der Waals surface area contributed by atoms with E-state index in [-0.39, 0.29) is 30.4 Å². The predicted molar refractivity (Wildman–Crippen MR) is 69.8 cm³/mol. The van der Waals surface area contributed by atoms with E-state index in [1.165, 1.54) is 7.11 Å². The first-order valence-corrected chi connectivity index (χ1v) is 8.20. The SMILES string of the molecule is CCS(=O)(=O)CCC(CN)(CC1CC1)C(=O)OC. The average Bonchev–Trinajstić information content (AvgIpc) is 3.17. The van der Waals surface area contributed by atoms with Crippen molar-refractivity contribution in [2.24, 2.45) is 17.1 Å².